The number of amidine groups is 1. The van der Waals surface area contributed by atoms with Crippen molar-refractivity contribution in [1.82, 2.24) is 0 Å². The molecule has 2 aromatic carbocycles. The molecule has 2 N–H and O–H groups in total. The molecule has 7 nitrogen and oxygen atoms in total. The fourth-order valence-electron chi connectivity index (χ4n) is 2.50. The summed E-state index contributed by atoms with van der Waals surface area (Å²) < 4.78 is 0. The number of carboxylic acid groups (broad SMARTS) is 1. The number of phenolic OH excluding ortho intramolecular Hbond substituents is 1. The van der Waals surface area contributed by atoms with Crippen LogP contribution >= 0.6 is 11.8 Å². The molecule has 1 heterocycles. The average molecular weight is 395 g/mol. The first kappa shape index (κ1) is 19.4. The number of aromatic hydroxyl groups is 1. The molecule has 8 heteroatoms. The van der Waals surface area contributed by atoms with Gasteiger partial charge in [-0.15, -0.1) is 5.10 Å². The number of benzene rings is 2. The first-order valence-corrected chi connectivity index (χ1v) is 9.27. The Morgan fingerprint density at radius 3 is 2.54 bits per heavy atom. The number of allylic oxidation sites excluding steroid dienone is 1. The Kier molecular flexibility index (Phi) is 6.23. The minimum absolute atomic E-state index is 0.0627. The third kappa shape index (κ3) is 4.86. The topological polar surface area (TPSA) is 103 Å². The minimum atomic E-state index is -1.06. The number of carbonyl (C=O) groups is 2. The van der Waals surface area contributed by atoms with Crippen LogP contribution in [0.4, 0.5) is 5.69 Å². The van der Waals surface area contributed by atoms with E-state index in [2.05, 4.69) is 10.2 Å². The van der Waals surface area contributed by atoms with Crippen LogP contribution in [0.15, 0.2) is 70.9 Å². The lowest BCUT2D eigenvalue weighted by Gasteiger charge is -2.15. The van der Waals surface area contributed by atoms with Gasteiger partial charge in [-0.1, -0.05) is 48.2 Å². The molecule has 28 heavy (non-hydrogen) atoms. The molecule has 1 unspecified atom stereocenters. The number of amides is 1. The van der Waals surface area contributed by atoms with E-state index in [9.17, 15) is 14.7 Å². The van der Waals surface area contributed by atoms with Crippen LogP contribution in [0, 0.1) is 0 Å². The minimum Gasteiger partial charge on any atom is -0.508 e. The van der Waals surface area contributed by atoms with Gasteiger partial charge < -0.3 is 10.2 Å². The molecule has 2 aromatic rings. The van der Waals surface area contributed by atoms with Crippen molar-refractivity contribution in [3.8, 4) is 5.75 Å². The Morgan fingerprint density at radius 2 is 1.86 bits per heavy atom. The lowest BCUT2D eigenvalue weighted by Crippen LogP contribution is -2.32. The van der Waals surface area contributed by atoms with Crippen LogP contribution < -0.4 is 4.90 Å². The SMILES string of the molecule is O=C(O)CC1SC(=NN=CC=Cc2ccccc2)N(c2ccc(O)cc2)C1=O. The number of hydrogen-bond donors (Lipinski definition) is 2. The second-order valence-electron chi connectivity index (χ2n) is 5.81. The summed E-state index contributed by atoms with van der Waals surface area (Å²) in [5.74, 6) is -1.38. The molecular weight excluding hydrogens is 378 g/mol. The predicted molar refractivity (Wildman–Crippen MR) is 111 cm³/mol. The van der Waals surface area contributed by atoms with Crippen LogP contribution in [0.3, 0.4) is 0 Å². The standard InChI is InChI=1S/C20H17N3O4S/c24-16-10-8-15(9-11-16)23-19(27)17(13-18(25)26)28-20(23)22-21-12-4-7-14-5-2-1-3-6-14/h1-12,17,24H,13H2,(H,25,26). The first-order chi connectivity index (χ1) is 13.5. The average Bonchev–Trinajstić information content (AvgIpc) is 2.98. The number of hydrogen-bond acceptors (Lipinski definition) is 6. The second-order valence-corrected chi connectivity index (χ2v) is 6.98. The Balaban J connectivity index is 1.80. The van der Waals surface area contributed by atoms with Gasteiger partial charge in [0.05, 0.1) is 12.1 Å². The summed E-state index contributed by atoms with van der Waals surface area (Å²) in [4.78, 5) is 25.0. The highest BCUT2D eigenvalue weighted by Crippen LogP contribution is 2.34. The van der Waals surface area contributed by atoms with Crippen molar-refractivity contribution in [3.63, 3.8) is 0 Å². The van der Waals surface area contributed by atoms with Gasteiger partial charge in [-0.25, -0.2) is 0 Å². The van der Waals surface area contributed by atoms with Crippen LogP contribution in [0.25, 0.3) is 6.08 Å². The van der Waals surface area contributed by atoms with Crippen molar-refractivity contribution in [2.45, 2.75) is 11.7 Å². The van der Waals surface area contributed by atoms with Crippen molar-refractivity contribution >= 4 is 46.8 Å². The zero-order valence-corrected chi connectivity index (χ0v) is 15.5. The van der Waals surface area contributed by atoms with E-state index in [0.717, 1.165) is 17.3 Å². The molecule has 0 spiro atoms. The van der Waals surface area contributed by atoms with Gasteiger partial charge in [0.15, 0.2) is 5.17 Å². The normalized spacial score (nSPS) is 18.6. The molecule has 1 aliphatic heterocycles. The van der Waals surface area contributed by atoms with Crippen LogP contribution in [0.1, 0.15) is 12.0 Å². The number of phenols is 1. The molecule has 0 bridgehead atoms. The molecule has 1 amide bonds. The maximum atomic E-state index is 12.6. The van der Waals surface area contributed by atoms with E-state index < -0.39 is 11.2 Å². The van der Waals surface area contributed by atoms with Crippen LogP contribution in [0.5, 0.6) is 5.75 Å². The van der Waals surface area contributed by atoms with Gasteiger partial charge in [-0.2, -0.15) is 5.10 Å². The maximum Gasteiger partial charge on any atom is 0.305 e. The number of aliphatic carboxylic acids is 1. The predicted octanol–water partition coefficient (Wildman–Crippen LogP) is 3.37. The van der Waals surface area contributed by atoms with Gasteiger partial charge >= 0.3 is 5.97 Å². The molecule has 142 valence electrons. The number of thioether (sulfide) groups is 1. The van der Waals surface area contributed by atoms with Crippen LogP contribution in [-0.4, -0.2) is 38.7 Å². The van der Waals surface area contributed by atoms with E-state index >= 15 is 0 Å². The van der Waals surface area contributed by atoms with Gasteiger partial charge in [0, 0.05) is 6.21 Å². The highest BCUT2D eigenvalue weighted by atomic mass is 32.2. The summed E-state index contributed by atoms with van der Waals surface area (Å²) in [5.41, 5.74) is 1.50. The van der Waals surface area contributed by atoms with Gasteiger partial charge in [0.1, 0.15) is 11.0 Å². The Labute approximate surface area is 165 Å². The Hall–Kier alpha value is -3.39. The molecule has 0 radical (unpaired) electrons. The van der Waals surface area contributed by atoms with Crippen LogP contribution in [-0.2, 0) is 9.59 Å². The molecule has 0 aromatic heterocycles. The molecule has 3 rings (SSSR count). The summed E-state index contributed by atoms with van der Waals surface area (Å²) in [7, 11) is 0. The van der Waals surface area contributed by atoms with Crippen molar-refractivity contribution in [2.24, 2.45) is 10.2 Å². The highest BCUT2D eigenvalue weighted by molar-refractivity contribution is 8.16. The van der Waals surface area contributed by atoms with Gasteiger partial charge in [-0.05, 0) is 35.9 Å². The van der Waals surface area contributed by atoms with E-state index in [0.29, 0.717) is 5.69 Å². The molecule has 0 saturated carbocycles. The van der Waals surface area contributed by atoms with Crippen molar-refractivity contribution < 1.29 is 19.8 Å². The number of anilines is 1. The van der Waals surface area contributed by atoms with Gasteiger partial charge in [-0.3, -0.25) is 14.5 Å². The van der Waals surface area contributed by atoms with Gasteiger partial charge in [0.2, 0.25) is 5.91 Å². The fraction of sp³-hybridized carbons (Fsp3) is 0.100. The summed E-state index contributed by atoms with van der Waals surface area (Å²) in [5, 5.41) is 26.0. The van der Waals surface area contributed by atoms with E-state index in [-0.39, 0.29) is 23.2 Å². The highest BCUT2D eigenvalue weighted by Gasteiger charge is 2.40. The summed E-state index contributed by atoms with van der Waals surface area (Å²) in [6, 6.07) is 15.7. The fourth-order valence-corrected chi connectivity index (χ4v) is 3.59. The zero-order valence-electron chi connectivity index (χ0n) is 14.7. The lowest BCUT2D eigenvalue weighted by atomic mass is 10.2. The number of carbonyl (C=O) groups excluding carboxylic acids is 1. The van der Waals surface area contributed by atoms with E-state index in [1.54, 1.807) is 18.2 Å². The quantitative estimate of drug-likeness (QED) is 0.577. The summed E-state index contributed by atoms with van der Waals surface area (Å²) in [6.07, 6.45) is 4.77. The summed E-state index contributed by atoms with van der Waals surface area (Å²) >= 11 is 1.05. The van der Waals surface area contributed by atoms with E-state index in [1.807, 2.05) is 36.4 Å². The number of carboxylic acids is 1. The molecule has 0 aliphatic carbocycles. The smallest absolute Gasteiger partial charge is 0.305 e. The zero-order chi connectivity index (χ0) is 19.9. The van der Waals surface area contributed by atoms with Gasteiger partial charge in [0.25, 0.3) is 0 Å². The molecule has 1 fully saturated rings. The van der Waals surface area contributed by atoms with E-state index in [1.165, 1.54) is 23.2 Å². The first-order valence-electron chi connectivity index (χ1n) is 8.39. The Morgan fingerprint density at radius 1 is 1.14 bits per heavy atom. The van der Waals surface area contributed by atoms with E-state index in [4.69, 9.17) is 5.11 Å². The molecule has 1 atom stereocenters. The number of nitrogens with zero attached hydrogens (tertiary/aromatic N) is 3. The third-order valence-electron chi connectivity index (χ3n) is 3.79. The molecule has 1 aliphatic rings. The molecular formula is C20H17N3O4S. The van der Waals surface area contributed by atoms with Crippen LogP contribution in [0.2, 0.25) is 0 Å². The third-order valence-corrected chi connectivity index (χ3v) is 4.91. The lowest BCUT2D eigenvalue weighted by molar-refractivity contribution is -0.138. The van der Waals surface area contributed by atoms with Crippen molar-refractivity contribution in [3.05, 3.63) is 66.2 Å². The largest absolute Gasteiger partial charge is 0.508 e. The number of rotatable bonds is 6. The Bertz CT molecular complexity index is 940. The summed E-state index contributed by atoms with van der Waals surface area (Å²) in [6.45, 7) is 0. The second kappa shape index (κ2) is 9.01. The monoisotopic (exact) mass is 395 g/mol. The van der Waals surface area contributed by atoms with Crippen molar-refractivity contribution in [1.29, 1.82) is 0 Å². The maximum absolute atomic E-state index is 12.6. The molecule has 1 saturated heterocycles. The van der Waals surface area contributed by atoms with Crippen molar-refractivity contribution in [2.75, 3.05) is 4.90 Å².